The van der Waals surface area contributed by atoms with Crippen LogP contribution in [0, 0.1) is 0 Å². The number of amides is 4. The van der Waals surface area contributed by atoms with E-state index in [9.17, 15) is 29.1 Å². The van der Waals surface area contributed by atoms with Gasteiger partial charge in [0.25, 0.3) is 0 Å². The Morgan fingerprint density at radius 3 is 2.32 bits per heavy atom. The minimum atomic E-state index is -1.41. The molecule has 1 aromatic carbocycles. The number of unbranched alkanes of at least 4 members (excludes halogenated alkanes) is 4. The molecular formula is C29H46N4O8. The lowest BCUT2D eigenvalue weighted by Crippen LogP contribution is -2.54. The summed E-state index contributed by atoms with van der Waals surface area (Å²) in [5.41, 5.74) is 4.85. The Labute approximate surface area is 242 Å². The second-order valence-electron chi connectivity index (χ2n) is 10.7. The summed E-state index contributed by atoms with van der Waals surface area (Å²) in [4.78, 5) is 65.2. The van der Waals surface area contributed by atoms with E-state index in [1.807, 2.05) is 0 Å². The molecule has 12 heteroatoms. The molecule has 0 spiro atoms. The summed E-state index contributed by atoms with van der Waals surface area (Å²) in [6.45, 7) is 8.96. The molecule has 0 saturated carbocycles. The van der Waals surface area contributed by atoms with Crippen LogP contribution in [0.2, 0.25) is 0 Å². The molecule has 0 saturated heterocycles. The summed E-state index contributed by atoms with van der Waals surface area (Å²) in [6.07, 6.45) is 2.71. The normalized spacial score (nSPS) is 12.5. The third kappa shape index (κ3) is 13.9. The Kier molecular flexibility index (Phi) is 15.3. The molecule has 0 fully saturated rings. The zero-order valence-corrected chi connectivity index (χ0v) is 24.9. The smallest absolute Gasteiger partial charge is 0.408 e. The highest BCUT2D eigenvalue weighted by Crippen LogP contribution is 2.26. The molecule has 0 aliphatic heterocycles. The van der Waals surface area contributed by atoms with Gasteiger partial charge >= 0.3 is 12.1 Å². The standard InChI is InChI=1S/C29H46N4O8/c1-6-8-9-10-11-17-33(27(38)22(19-23(30)35)32-28(39)41-29(3,4)5)25(20-13-12-14-21(34)18-20)26(37)31-16-15-24(36)40-7-2/h12-14,18,22,25,34H,6-11,15-17,19H2,1-5H3,(H2,30,35)(H,31,37)(H,32,39). The average Bonchev–Trinajstić information content (AvgIpc) is 2.85. The van der Waals surface area contributed by atoms with Crippen molar-refractivity contribution in [3.05, 3.63) is 29.8 Å². The van der Waals surface area contributed by atoms with Crippen LogP contribution in [0.25, 0.3) is 0 Å². The molecule has 1 aromatic rings. The zero-order valence-electron chi connectivity index (χ0n) is 24.9. The van der Waals surface area contributed by atoms with Crippen LogP contribution in [-0.2, 0) is 28.7 Å². The molecule has 4 amide bonds. The predicted molar refractivity (Wildman–Crippen MR) is 153 cm³/mol. The van der Waals surface area contributed by atoms with Crippen molar-refractivity contribution in [2.45, 2.75) is 97.2 Å². The van der Waals surface area contributed by atoms with Crippen molar-refractivity contribution >= 4 is 29.8 Å². The first kappa shape index (κ1) is 35.2. The number of hydrogen-bond donors (Lipinski definition) is 4. The second-order valence-corrected chi connectivity index (χ2v) is 10.7. The molecule has 0 aromatic heterocycles. The summed E-state index contributed by atoms with van der Waals surface area (Å²) >= 11 is 0. The number of benzene rings is 1. The number of nitrogens with zero attached hydrogens (tertiary/aromatic N) is 1. The number of phenols is 1. The summed E-state index contributed by atoms with van der Waals surface area (Å²) < 4.78 is 10.2. The van der Waals surface area contributed by atoms with E-state index in [-0.39, 0.29) is 31.9 Å². The van der Waals surface area contributed by atoms with Crippen LogP contribution in [0.15, 0.2) is 24.3 Å². The number of aromatic hydroxyl groups is 1. The van der Waals surface area contributed by atoms with Gasteiger partial charge in [0.05, 0.1) is 19.4 Å². The van der Waals surface area contributed by atoms with Gasteiger partial charge in [-0.15, -0.1) is 0 Å². The number of primary amides is 1. The molecule has 0 aliphatic carbocycles. The average molecular weight is 579 g/mol. The van der Waals surface area contributed by atoms with Crippen LogP contribution < -0.4 is 16.4 Å². The first-order valence-corrected chi connectivity index (χ1v) is 14.1. The van der Waals surface area contributed by atoms with E-state index < -0.39 is 53.9 Å². The number of nitrogens with one attached hydrogen (secondary N) is 2. The number of carbonyl (C=O) groups excluding carboxylic acids is 5. The maximum atomic E-state index is 14.0. The largest absolute Gasteiger partial charge is 0.508 e. The van der Waals surface area contributed by atoms with Gasteiger partial charge in [-0.25, -0.2) is 4.79 Å². The molecule has 0 bridgehead atoms. The Balaban J connectivity index is 3.44. The topological polar surface area (TPSA) is 177 Å². The van der Waals surface area contributed by atoms with Crippen LogP contribution in [0.4, 0.5) is 4.79 Å². The van der Waals surface area contributed by atoms with Gasteiger partial charge in [-0.1, -0.05) is 44.7 Å². The van der Waals surface area contributed by atoms with E-state index in [1.165, 1.54) is 23.1 Å². The molecule has 5 N–H and O–H groups in total. The number of alkyl carbamates (subject to hydrolysis) is 1. The van der Waals surface area contributed by atoms with E-state index in [1.54, 1.807) is 33.8 Å². The van der Waals surface area contributed by atoms with Gasteiger partial charge in [-0.3, -0.25) is 19.2 Å². The first-order valence-electron chi connectivity index (χ1n) is 14.1. The van der Waals surface area contributed by atoms with Crippen molar-refractivity contribution in [2.75, 3.05) is 19.7 Å². The van der Waals surface area contributed by atoms with Gasteiger partial charge in [0, 0.05) is 13.1 Å². The monoisotopic (exact) mass is 578 g/mol. The number of nitrogens with two attached hydrogens (primary N) is 1. The minimum absolute atomic E-state index is 0.0492. The summed E-state index contributed by atoms with van der Waals surface area (Å²) in [7, 11) is 0. The lowest BCUT2D eigenvalue weighted by Gasteiger charge is -2.34. The molecule has 0 radical (unpaired) electrons. The molecule has 0 aliphatic rings. The molecule has 2 atom stereocenters. The summed E-state index contributed by atoms with van der Waals surface area (Å²) in [6, 6.07) is 3.24. The van der Waals surface area contributed by atoms with Crippen LogP contribution in [0.3, 0.4) is 0 Å². The molecular weight excluding hydrogens is 532 g/mol. The van der Waals surface area contributed by atoms with Crippen molar-refractivity contribution in [1.29, 1.82) is 0 Å². The van der Waals surface area contributed by atoms with Crippen molar-refractivity contribution in [1.82, 2.24) is 15.5 Å². The zero-order chi connectivity index (χ0) is 31.0. The van der Waals surface area contributed by atoms with Gasteiger partial charge in [-0.05, 0) is 51.8 Å². The maximum absolute atomic E-state index is 14.0. The summed E-state index contributed by atoms with van der Waals surface area (Å²) in [5, 5.41) is 15.3. The highest BCUT2D eigenvalue weighted by molar-refractivity contribution is 5.94. The number of ether oxygens (including phenoxy) is 2. The molecule has 230 valence electrons. The predicted octanol–water partition coefficient (Wildman–Crippen LogP) is 3.07. The third-order valence-electron chi connectivity index (χ3n) is 5.86. The second kappa shape index (κ2) is 17.8. The van der Waals surface area contributed by atoms with E-state index >= 15 is 0 Å². The lowest BCUT2D eigenvalue weighted by molar-refractivity contribution is -0.144. The van der Waals surface area contributed by atoms with Gasteiger partial charge in [0.1, 0.15) is 23.4 Å². The van der Waals surface area contributed by atoms with Gasteiger partial charge in [-0.2, -0.15) is 0 Å². The van der Waals surface area contributed by atoms with E-state index in [0.717, 1.165) is 25.7 Å². The quantitative estimate of drug-likeness (QED) is 0.161. The van der Waals surface area contributed by atoms with Crippen LogP contribution in [0.5, 0.6) is 5.75 Å². The number of phenolic OH excluding ortho intramolecular Hbond substituents is 1. The molecule has 12 nitrogen and oxygen atoms in total. The van der Waals surface area contributed by atoms with E-state index in [4.69, 9.17) is 15.2 Å². The number of esters is 1. The highest BCUT2D eigenvalue weighted by Gasteiger charge is 2.37. The van der Waals surface area contributed by atoms with E-state index in [2.05, 4.69) is 17.6 Å². The lowest BCUT2D eigenvalue weighted by atomic mass is 10.0. The Hall–Kier alpha value is -3.83. The van der Waals surface area contributed by atoms with Crippen molar-refractivity contribution in [3.8, 4) is 5.75 Å². The van der Waals surface area contributed by atoms with Crippen molar-refractivity contribution < 1.29 is 38.6 Å². The fourth-order valence-corrected chi connectivity index (χ4v) is 4.09. The fraction of sp³-hybridized carbons (Fsp3) is 0.621. The third-order valence-corrected chi connectivity index (χ3v) is 5.86. The Bertz CT molecular complexity index is 1020. The van der Waals surface area contributed by atoms with Crippen LogP contribution in [-0.4, -0.2) is 71.1 Å². The molecule has 2 unspecified atom stereocenters. The number of carbonyl (C=O) groups is 5. The number of rotatable bonds is 17. The molecule has 0 heterocycles. The van der Waals surface area contributed by atoms with Crippen molar-refractivity contribution in [2.24, 2.45) is 5.73 Å². The Morgan fingerprint density at radius 2 is 1.73 bits per heavy atom. The Morgan fingerprint density at radius 1 is 1.05 bits per heavy atom. The van der Waals surface area contributed by atoms with Gasteiger partial charge < -0.3 is 35.8 Å². The molecule has 41 heavy (non-hydrogen) atoms. The maximum Gasteiger partial charge on any atom is 0.408 e. The van der Waals surface area contributed by atoms with E-state index in [0.29, 0.717) is 12.0 Å². The first-order chi connectivity index (χ1) is 19.3. The minimum Gasteiger partial charge on any atom is -0.508 e. The highest BCUT2D eigenvalue weighted by atomic mass is 16.6. The fourth-order valence-electron chi connectivity index (χ4n) is 4.09. The van der Waals surface area contributed by atoms with Gasteiger partial charge in [0.2, 0.25) is 17.7 Å². The van der Waals surface area contributed by atoms with Crippen LogP contribution in [0.1, 0.15) is 91.2 Å². The summed E-state index contributed by atoms with van der Waals surface area (Å²) in [5.74, 6) is -2.79. The van der Waals surface area contributed by atoms with Crippen LogP contribution >= 0.6 is 0 Å². The molecule has 1 rings (SSSR count). The van der Waals surface area contributed by atoms with Crippen molar-refractivity contribution in [3.63, 3.8) is 0 Å². The number of hydrogen-bond acceptors (Lipinski definition) is 8. The van der Waals surface area contributed by atoms with Gasteiger partial charge in [0.15, 0.2) is 0 Å². The SMILES string of the molecule is CCCCCCCN(C(=O)C(CC(N)=O)NC(=O)OC(C)(C)C)C(C(=O)NCCC(=O)OCC)c1cccc(O)c1.